The average molecular weight is 271 g/mol. The maximum Gasteiger partial charge on any atom is 0.257 e. The Balaban J connectivity index is 2.17. The molecular weight excluding hydrogens is 264 g/mol. The number of carbonyl (C=O) groups is 1. The van der Waals surface area contributed by atoms with E-state index in [-0.39, 0.29) is 10.9 Å². The molecule has 0 atom stereocenters. The van der Waals surface area contributed by atoms with Gasteiger partial charge in [0, 0.05) is 17.7 Å². The first-order chi connectivity index (χ1) is 8.20. The second-order valence-corrected chi connectivity index (χ2v) is 4.13. The van der Waals surface area contributed by atoms with E-state index in [0.29, 0.717) is 16.4 Å². The second-order valence-electron chi connectivity index (χ2n) is 2.93. The summed E-state index contributed by atoms with van der Waals surface area (Å²) in [6, 6.07) is 1.47. The Morgan fingerprint density at radius 3 is 2.88 bits per heavy atom. The third kappa shape index (κ3) is 2.67. The predicted octanol–water partition coefficient (Wildman–Crippen LogP) is 1.12. The number of nitrogens with two attached hydrogens (primary N) is 1. The number of nitrogen functional groups attached to an aromatic ring is 1. The van der Waals surface area contributed by atoms with Crippen LogP contribution >= 0.6 is 23.1 Å². The molecule has 7 nitrogen and oxygen atoms in total. The molecule has 0 aromatic carbocycles. The third-order valence-corrected chi connectivity index (χ3v) is 2.71. The monoisotopic (exact) mass is 270 g/mol. The van der Waals surface area contributed by atoms with Crippen LogP contribution in [0.4, 0.5) is 10.8 Å². The van der Waals surface area contributed by atoms with Gasteiger partial charge in [-0.05, 0) is 6.07 Å². The number of hydrogen-bond donors (Lipinski definition) is 3. The lowest BCUT2D eigenvalue weighted by Crippen LogP contribution is -2.13. The summed E-state index contributed by atoms with van der Waals surface area (Å²) < 4.78 is 3.62. The molecule has 88 valence electrons. The molecule has 0 saturated carbocycles. The van der Waals surface area contributed by atoms with Gasteiger partial charge in [0.1, 0.15) is 5.00 Å². The van der Waals surface area contributed by atoms with E-state index in [4.69, 9.17) is 17.4 Å². The van der Waals surface area contributed by atoms with Crippen molar-refractivity contribution in [2.45, 2.75) is 0 Å². The van der Waals surface area contributed by atoms with Crippen LogP contribution in [0.3, 0.4) is 0 Å². The fourth-order valence-corrected chi connectivity index (χ4v) is 1.71. The van der Waals surface area contributed by atoms with Crippen molar-refractivity contribution < 1.29 is 4.79 Å². The minimum absolute atomic E-state index is 0.266. The van der Waals surface area contributed by atoms with Crippen molar-refractivity contribution in [3.63, 3.8) is 0 Å². The lowest BCUT2D eigenvalue weighted by Gasteiger charge is -2.04. The van der Waals surface area contributed by atoms with Crippen LogP contribution in [0.5, 0.6) is 0 Å². The summed E-state index contributed by atoms with van der Waals surface area (Å²) in [6.07, 6.45) is 2.82. The van der Waals surface area contributed by atoms with E-state index < -0.39 is 0 Å². The number of anilines is 2. The summed E-state index contributed by atoms with van der Waals surface area (Å²) in [5.41, 5.74) is 2.64. The zero-order valence-corrected chi connectivity index (χ0v) is 9.92. The summed E-state index contributed by atoms with van der Waals surface area (Å²) in [7, 11) is 0. The molecule has 2 aromatic rings. The van der Waals surface area contributed by atoms with Crippen LogP contribution in [0.2, 0.25) is 5.02 Å². The molecule has 0 aliphatic carbocycles. The molecule has 2 heterocycles. The van der Waals surface area contributed by atoms with Crippen molar-refractivity contribution in [3.8, 4) is 0 Å². The van der Waals surface area contributed by atoms with Crippen LogP contribution in [0.25, 0.3) is 0 Å². The Hall–Kier alpha value is -1.77. The van der Waals surface area contributed by atoms with Crippen molar-refractivity contribution in [2.24, 2.45) is 5.84 Å². The number of halogens is 1. The van der Waals surface area contributed by atoms with Gasteiger partial charge < -0.3 is 10.7 Å². The van der Waals surface area contributed by atoms with Crippen LogP contribution in [0.1, 0.15) is 10.4 Å². The number of nitrogens with zero attached hydrogens (tertiary/aromatic N) is 3. The summed E-state index contributed by atoms with van der Waals surface area (Å²) in [6.45, 7) is 0. The molecule has 0 aliphatic rings. The number of pyridine rings is 1. The first-order valence-electron chi connectivity index (χ1n) is 4.41. The van der Waals surface area contributed by atoms with Gasteiger partial charge in [0.25, 0.3) is 5.91 Å². The summed E-state index contributed by atoms with van der Waals surface area (Å²) in [5, 5.41) is 7.02. The van der Waals surface area contributed by atoms with Crippen LogP contribution in [-0.4, -0.2) is 20.5 Å². The maximum atomic E-state index is 11.8. The SMILES string of the molecule is NNc1ncc(C(=O)Nc2cnns2)cc1Cl. The second kappa shape index (κ2) is 5.04. The van der Waals surface area contributed by atoms with Gasteiger partial charge in [0.2, 0.25) is 0 Å². The molecule has 4 N–H and O–H groups in total. The third-order valence-electron chi connectivity index (χ3n) is 1.84. The molecular formula is C8H7ClN6OS. The highest BCUT2D eigenvalue weighted by atomic mass is 35.5. The van der Waals surface area contributed by atoms with Gasteiger partial charge in [-0.1, -0.05) is 16.1 Å². The standard InChI is InChI=1S/C8H7ClN6OS/c9-5-1-4(2-11-7(5)14-10)8(16)13-6-3-12-15-17-6/h1-3H,10H2,(H,11,14)(H,13,16). The largest absolute Gasteiger partial charge is 0.311 e. The van der Waals surface area contributed by atoms with Crippen molar-refractivity contribution in [1.29, 1.82) is 0 Å². The van der Waals surface area contributed by atoms with Crippen LogP contribution < -0.4 is 16.6 Å². The van der Waals surface area contributed by atoms with Crippen molar-refractivity contribution in [3.05, 3.63) is 29.0 Å². The molecule has 0 unspecified atom stereocenters. The van der Waals surface area contributed by atoms with Gasteiger partial charge in [-0.3, -0.25) is 4.79 Å². The predicted molar refractivity (Wildman–Crippen MR) is 64.9 cm³/mol. The summed E-state index contributed by atoms with van der Waals surface area (Å²) in [4.78, 5) is 15.6. The molecule has 0 fully saturated rings. The zero-order valence-electron chi connectivity index (χ0n) is 8.35. The van der Waals surface area contributed by atoms with E-state index in [2.05, 4.69) is 25.3 Å². The normalized spacial score (nSPS) is 10.0. The Morgan fingerprint density at radius 2 is 2.29 bits per heavy atom. The minimum atomic E-state index is -0.339. The highest BCUT2D eigenvalue weighted by Crippen LogP contribution is 2.20. The number of carbonyl (C=O) groups excluding carboxylic acids is 1. The Kier molecular flexibility index (Phi) is 3.47. The quantitative estimate of drug-likeness (QED) is 0.570. The van der Waals surface area contributed by atoms with Gasteiger partial charge in [-0.2, -0.15) is 0 Å². The Labute approximate surface area is 105 Å². The van der Waals surface area contributed by atoms with Gasteiger partial charge in [0.05, 0.1) is 16.8 Å². The molecule has 0 spiro atoms. The molecule has 2 rings (SSSR count). The molecule has 0 aliphatic heterocycles. The van der Waals surface area contributed by atoms with Crippen molar-refractivity contribution in [1.82, 2.24) is 14.6 Å². The number of hydrogen-bond acceptors (Lipinski definition) is 7. The lowest BCUT2D eigenvalue weighted by molar-refractivity contribution is 0.102. The first kappa shape index (κ1) is 11.7. The van der Waals surface area contributed by atoms with E-state index >= 15 is 0 Å². The fraction of sp³-hybridized carbons (Fsp3) is 0. The zero-order chi connectivity index (χ0) is 12.3. The molecule has 0 saturated heterocycles. The topological polar surface area (TPSA) is 106 Å². The average Bonchev–Trinajstić information content (AvgIpc) is 2.81. The Bertz CT molecular complexity index is 531. The van der Waals surface area contributed by atoms with Crippen LogP contribution in [-0.2, 0) is 0 Å². The molecule has 9 heteroatoms. The Morgan fingerprint density at radius 1 is 1.47 bits per heavy atom. The molecule has 17 heavy (non-hydrogen) atoms. The molecule has 0 radical (unpaired) electrons. The molecule has 0 bridgehead atoms. The van der Waals surface area contributed by atoms with E-state index in [1.54, 1.807) is 0 Å². The van der Waals surface area contributed by atoms with Crippen molar-refractivity contribution in [2.75, 3.05) is 10.7 Å². The van der Waals surface area contributed by atoms with E-state index in [1.165, 1.54) is 18.5 Å². The van der Waals surface area contributed by atoms with Gasteiger partial charge in [0.15, 0.2) is 5.82 Å². The molecule has 2 aromatic heterocycles. The van der Waals surface area contributed by atoms with Crippen molar-refractivity contribution >= 4 is 39.9 Å². The van der Waals surface area contributed by atoms with E-state index in [0.717, 1.165) is 11.5 Å². The van der Waals surface area contributed by atoms with Crippen LogP contribution in [0.15, 0.2) is 18.5 Å². The van der Waals surface area contributed by atoms with Crippen LogP contribution in [0, 0.1) is 0 Å². The lowest BCUT2D eigenvalue weighted by atomic mass is 10.2. The van der Waals surface area contributed by atoms with Gasteiger partial charge in [-0.15, -0.1) is 5.10 Å². The van der Waals surface area contributed by atoms with Gasteiger partial charge >= 0.3 is 0 Å². The summed E-state index contributed by atoms with van der Waals surface area (Å²) in [5.74, 6) is 5.14. The number of rotatable bonds is 3. The number of amides is 1. The number of hydrazine groups is 1. The highest BCUT2D eigenvalue weighted by molar-refractivity contribution is 7.10. The first-order valence-corrected chi connectivity index (χ1v) is 5.56. The molecule has 1 amide bonds. The summed E-state index contributed by atoms with van der Waals surface area (Å²) >= 11 is 6.93. The minimum Gasteiger partial charge on any atom is -0.311 e. The van der Waals surface area contributed by atoms with E-state index in [9.17, 15) is 4.79 Å². The number of nitrogens with one attached hydrogen (secondary N) is 2. The highest BCUT2D eigenvalue weighted by Gasteiger charge is 2.10. The van der Waals surface area contributed by atoms with E-state index in [1.807, 2.05) is 0 Å². The fourth-order valence-electron chi connectivity index (χ4n) is 1.07. The smallest absolute Gasteiger partial charge is 0.257 e. The van der Waals surface area contributed by atoms with Gasteiger partial charge in [-0.25, -0.2) is 10.8 Å². The number of aromatic nitrogens is 3. The maximum absolute atomic E-state index is 11.8.